The van der Waals surface area contributed by atoms with Crippen molar-refractivity contribution in [2.24, 2.45) is 23.3 Å². The molecule has 2 bridgehead atoms. The minimum Gasteiger partial charge on any atom is -0.343 e. The zero-order valence-electron chi connectivity index (χ0n) is 28.9. The first-order valence-electron chi connectivity index (χ1n) is 17.8. The Morgan fingerprint density at radius 3 is 1.88 bits per heavy atom. The number of amides is 4. The van der Waals surface area contributed by atoms with Gasteiger partial charge in [0.15, 0.2) is 0 Å². The molecule has 2 heterocycles. The molecule has 2 fully saturated rings. The summed E-state index contributed by atoms with van der Waals surface area (Å²) in [5.74, 6) is -1.57. The van der Waals surface area contributed by atoms with E-state index in [4.69, 9.17) is 11.5 Å². The Labute approximate surface area is 290 Å². The highest BCUT2D eigenvalue weighted by Crippen LogP contribution is 2.39. The van der Waals surface area contributed by atoms with Crippen molar-refractivity contribution in [1.82, 2.24) is 20.9 Å². The number of fused-ring (bicyclic) bond motifs is 2. The molecule has 0 aromatic heterocycles. The van der Waals surface area contributed by atoms with E-state index < -0.39 is 41.9 Å². The summed E-state index contributed by atoms with van der Waals surface area (Å²) in [5.41, 5.74) is 13.8. The third-order valence-corrected chi connectivity index (χ3v) is 9.62. The molecule has 2 saturated heterocycles. The predicted molar refractivity (Wildman–Crippen MR) is 188 cm³/mol. The molecular formula is C38H53N7O4. The van der Waals surface area contributed by atoms with Gasteiger partial charge in [-0.05, 0) is 81.4 Å². The minimum absolute atomic E-state index is 0.00778. The SMILES string of the molecule is CC(C)CC(NC(=O)C(Cc1ccccc1)NC(=O)C(N)Cc1ccccc1)C(=O)NC(CCCCN)C(=O)N1C2CCC1CC(C#N)C2. The molecule has 4 amide bonds. The number of piperidine rings is 1. The van der Waals surface area contributed by atoms with E-state index in [1.54, 1.807) is 0 Å². The summed E-state index contributed by atoms with van der Waals surface area (Å²) in [6, 6.07) is 17.6. The second kappa shape index (κ2) is 18.5. The van der Waals surface area contributed by atoms with Crippen molar-refractivity contribution < 1.29 is 19.2 Å². The lowest BCUT2D eigenvalue weighted by Crippen LogP contribution is -2.59. The zero-order chi connectivity index (χ0) is 35.3. The first kappa shape index (κ1) is 37.5. The van der Waals surface area contributed by atoms with Gasteiger partial charge in [-0.2, -0.15) is 5.26 Å². The van der Waals surface area contributed by atoms with E-state index >= 15 is 0 Å². The van der Waals surface area contributed by atoms with Crippen LogP contribution in [0.2, 0.25) is 0 Å². The van der Waals surface area contributed by atoms with Gasteiger partial charge in [0.1, 0.15) is 18.1 Å². The summed E-state index contributed by atoms with van der Waals surface area (Å²) < 4.78 is 0. The van der Waals surface area contributed by atoms with Gasteiger partial charge < -0.3 is 32.3 Å². The number of carbonyl (C=O) groups is 4. The van der Waals surface area contributed by atoms with Gasteiger partial charge in [0.2, 0.25) is 23.6 Å². The topological polar surface area (TPSA) is 183 Å². The maximum Gasteiger partial charge on any atom is 0.245 e. The van der Waals surface area contributed by atoms with Crippen LogP contribution in [0.5, 0.6) is 0 Å². The van der Waals surface area contributed by atoms with Crippen LogP contribution in [-0.4, -0.2) is 71.3 Å². The number of rotatable bonds is 17. The molecule has 0 aliphatic carbocycles. The predicted octanol–water partition coefficient (Wildman–Crippen LogP) is 2.72. The van der Waals surface area contributed by atoms with Crippen LogP contribution in [0, 0.1) is 23.2 Å². The number of hydrogen-bond acceptors (Lipinski definition) is 7. The molecule has 0 radical (unpaired) electrons. The lowest BCUT2D eigenvalue weighted by atomic mass is 9.91. The maximum absolute atomic E-state index is 14.0. The van der Waals surface area contributed by atoms with E-state index in [-0.39, 0.29) is 36.2 Å². The molecule has 11 nitrogen and oxygen atoms in total. The Kier molecular flexibility index (Phi) is 14.2. The molecule has 0 spiro atoms. The maximum atomic E-state index is 14.0. The van der Waals surface area contributed by atoms with Crippen molar-refractivity contribution >= 4 is 23.6 Å². The van der Waals surface area contributed by atoms with Crippen LogP contribution in [0.4, 0.5) is 0 Å². The van der Waals surface area contributed by atoms with E-state index in [1.165, 1.54) is 0 Å². The first-order chi connectivity index (χ1) is 23.6. The van der Waals surface area contributed by atoms with E-state index in [0.717, 1.165) is 24.0 Å². The van der Waals surface area contributed by atoms with Crippen molar-refractivity contribution in [3.8, 4) is 6.07 Å². The monoisotopic (exact) mass is 671 g/mol. The third-order valence-electron chi connectivity index (χ3n) is 9.62. The summed E-state index contributed by atoms with van der Waals surface area (Å²) in [5, 5.41) is 18.3. The van der Waals surface area contributed by atoms with Crippen molar-refractivity contribution in [3.63, 3.8) is 0 Å². The fourth-order valence-electron chi connectivity index (χ4n) is 7.12. The van der Waals surface area contributed by atoms with Crippen LogP contribution >= 0.6 is 0 Å². The second-order valence-electron chi connectivity index (χ2n) is 14.0. The Morgan fingerprint density at radius 1 is 0.796 bits per heavy atom. The van der Waals surface area contributed by atoms with E-state index in [1.807, 2.05) is 79.4 Å². The van der Waals surface area contributed by atoms with E-state index in [9.17, 15) is 24.4 Å². The number of nitrogens with zero attached hydrogens (tertiary/aromatic N) is 2. The van der Waals surface area contributed by atoms with Crippen molar-refractivity contribution in [1.29, 1.82) is 5.26 Å². The van der Waals surface area contributed by atoms with Crippen molar-refractivity contribution in [2.75, 3.05) is 6.54 Å². The van der Waals surface area contributed by atoms with Gasteiger partial charge in [0.25, 0.3) is 0 Å². The summed E-state index contributed by atoms with van der Waals surface area (Å²) in [4.78, 5) is 57.1. The van der Waals surface area contributed by atoms with Gasteiger partial charge in [0, 0.05) is 18.5 Å². The average Bonchev–Trinajstić information content (AvgIpc) is 3.36. The van der Waals surface area contributed by atoms with Crippen LogP contribution < -0.4 is 27.4 Å². The Balaban J connectivity index is 1.49. The van der Waals surface area contributed by atoms with Gasteiger partial charge in [-0.25, -0.2) is 0 Å². The molecule has 2 aromatic rings. The zero-order valence-corrected chi connectivity index (χ0v) is 28.9. The molecule has 4 rings (SSSR count). The van der Waals surface area contributed by atoms with Gasteiger partial charge in [-0.3, -0.25) is 19.2 Å². The van der Waals surface area contributed by atoms with E-state index in [2.05, 4.69) is 22.0 Å². The van der Waals surface area contributed by atoms with Crippen molar-refractivity contribution in [3.05, 3.63) is 71.8 Å². The smallest absolute Gasteiger partial charge is 0.245 e. The van der Waals surface area contributed by atoms with Crippen LogP contribution in [-0.2, 0) is 32.0 Å². The van der Waals surface area contributed by atoms with Crippen molar-refractivity contribution in [2.45, 2.75) is 114 Å². The average molecular weight is 672 g/mol. The normalized spacial score (nSPS) is 20.8. The van der Waals surface area contributed by atoms with Crippen LogP contribution in [0.1, 0.15) is 76.3 Å². The highest BCUT2D eigenvalue weighted by atomic mass is 16.2. The fraction of sp³-hybridized carbons (Fsp3) is 0.553. The lowest BCUT2D eigenvalue weighted by Gasteiger charge is -2.39. The molecule has 2 aliphatic heterocycles. The summed E-state index contributed by atoms with van der Waals surface area (Å²) in [7, 11) is 0. The number of hydrogen-bond donors (Lipinski definition) is 5. The minimum atomic E-state index is -0.988. The van der Waals surface area contributed by atoms with Gasteiger partial charge >= 0.3 is 0 Å². The first-order valence-corrected chi connectivity index (χ1v) is 17.8. The van der Waals surface area contributed by atoms with Gasteiger partial charge in [0.05, 0.1) is 18.0 Å². The Morgan fingerprint density at radius 2 is 1.33 bits per heavy atom. The summed E-state index contributed by atoms with van der Waals surface area (Å²) >= 11 is 0. The standard InChI is InChI=1S/C38H53N7O4/c1-25(2)19-33(36(47)42-32(15-9-10-18-39)38(49)45-29-16-17-30(45)21-28(20-29)24-40)44-37(48)34(23-27-13-7-4-8-14-27)43-35(46)31(41)22-26-11-5-3-6-12-26/h3-8,11-14,25,28-34H,9-10,15-23,39,41H2,1-2H3,(H,42,47)(H,43,46)(H,44,48). The Hall–Kier alpha value is -4.27. The molecule has 49 heavy (non-hydrogen) atoms. The van der Waals surface area contributed by atoms with Gasteiger partial charge in [-0.1, -0.05) is 74.5 Å². The van der Waals surface area contributed by atoms with E-state index in [0.29, 0.717) is 51.5 Å². The molecule has 6 atom stereocenters. The van der Waals surface area contributed by atoms with Crippen LogP contribution in [0.15, 0.2) is 60.7 Å². The largest absolute Gasteiger partial charge is 0.343 e. The number of nitrogens with two attached hydrogens (primary N) is 2. The van der Waals surface area contributed by atoms with Gasteiger partial charge in [-0.15, -0.1) is 0 Å². The third kappa shape index (κ3) is 10.9. The molecule has 7 N–H and O–H groups in total. The van der Waals surface area contributed by atoms with Crippen LogP contribution in [0.25, 0.3) is 0 Å². The summed E-state index contributed by atoms with van der Waals surface area (Å²) in [6.45, 7) is 4.39. The highest BCUT2D eigenvalue weighted by Gasteiger charge is 2.45. The molecule has 2 aromatic carbocycles. The fourth-order valence-corrected chi connectivity index (χ4v) is 7.12. The quantitative estimate of drug-likeness (QED) is 0.160. The highest BCUT2D eigenvalue weighted by molar-refractivity contribution is 5.95. The Bertz CT molecular complexity index is 1420. The molecular weight excluding hydrogens is 618 g/mol. The molecule has 0 saturated carbocycles. The summed E-state index contributed by atoms with van der Waals surface area (Å²) in [6.07, 6.45) is 5.65. The number of nitriles is 1. The number of nitrogens with one attached hydrogen (secondary N) is 3. The number of unbranched alkanes of at least 4 members (excludes halogenated alkanes) is 1. The molecule has 11 heteroatoms. The molecule has 2 aliphatic rings. The second-order valence-corrected chi connectivity index (χ2v) is 14.0. The number of carbonyl (C=O) groups excluding carboxylic acids is 4. The lowest BCUT2D eigenvalue weighted by molar-refractivity contribution is -0.141. The van der Waals surface area contributed by atoms with Crippen LogP contribution in [0.3, 0.4) is 0 Å². The molecule has 6 unspecified atom stereocenters. The number of benzene rings is 2. The molecule has 264 valence electrons.